The summed E-state index contributed by atoms with van der Waals surface area (Å²) >= 11 is 0. The Morgan fingerprint density at radius 2 is 1.50 bits per heavy atom. The number of piperidine rings is 1. The second-order valence-corrected chi connectivity index (χ2v) is 8.37. The van der Waals surface area contributed by atoms with Crippen LogP contribution >= 0.6 is 0 Å². The molecule has 2 heterocycles. The van der Waals surface area contributed by atoms with Crippen molar-refractivity contribution in [2.75, 3.05) is 24.6 Å². The van der Waals surface area contributed by atoms with Crippen molar-refractivity contribution >= 4 is 29.4 Å². The zero-order valence-corrected chi connectivity index (χ0v) is 17.3. The summed E-state index contributed by atoms with van der Waals surface area (Å²) in [6, 6.07) is 6.73. The number of rotatable bonds is 4. The third-order valence-corrected chi connectivity index (χ3v) is 6.62. The quantitative estimate of drug-likeness (QED) is 0.561. The van der Waals surface area contributed by atoms with Gasteiger partial charge in [0, 0.05) is 18.7 Å². The van der Waals surface area contributed by atoms with E-state index < -0.39 is 0 Å². The number of carbonyl (C=O) groups excluding carboxylic acids is 4. The van der Waals surface area contributed by atoms with E-state index in [0.717, 1.165) is 25.7 Å². The molecule has 1 saturated carbocycles. The van der Waals surface area contributed by atoms with Crippen LogP contribution in [0, 0.1) is 17.8 Å². The van der Waals surface area contributed by atoms with Gasteiger partial charge in [0.05, 0.1) is 30.0 Å². The zero-order valence-electron chi connectivity index (χ0n) is 17.3. The number of anilines is 1. The molecule has 0 N–H and O–H groups in total. The molecule has 4 rings (SSSR count). The maximum atomic E-state index is 12.8. The molecule has 0 bridgehead atoms. The predicted octanol–water partition coefficient (Wildman–Crippen LogP) is 2.78. The number of hydrogen-bond acceptors (Lipinski definition) is 5. The van der Waals surface area contributed by atoms with Gasteiger partial charge in [0.1, 0.15) is 0 Å². The normalized spacial score (nSPS) is 24.7. The third-order valence-electron chi connectivity index (χ3n) is 6.62. The van der Waals surface area contributed by atoms with Crippen LogP contribution in [-0.2, 0) is 19.1 Å². The molecule has 2 atom stereocenters. The van der Waals surface area contributed by atoms with Crippen molar-refractivity contribution in [2.24, 2.45) is 17.8 Å². The minimum atomic E-state index is -0.187. The van der Waals surface area contributed by atoms with Crippen molar-refractivity contribution in [1.82, 2.24) is 4.90 Å². The van der Waals surface area contributed by atoms with E-state index in [1.807, 2.05) is 0 Å². The number of benzene rings is 1. The standard InChI is InChI=1S/C23H28N2O5/c1-2-30-23(29)16-11-13-24(14-12-16)20(26)15-7-9-17(10-8-15)25-21(27)18-5-3-4-6-19(18)22(25)28/h7-10,16,18-19H,2-6,11-14H2,1H3/t18-,19+. The number of ether oxygens (including phenoxy) is 1. The Balaban J connectivity index is 1.40. The highest BCUT2D eigenvalue weighted by atomic mass is 16.5. The Morgan fingerprint density at radius 1 is 0.933 bits per heavy atom. The first-order chi connectivity index (χ1) is 14.5. The fraction of sp³-hybridized carbons (Fsp3) is 0.565. The minimum absolute atomic E-state index is 0.100. The Kier molecular flexibility index (Phi) is 5.88. The molecule has 1 aliphatic carbocycles. The summed E-state index contributed by atoms with van der Waals surface area (Å²) in [6.45, 7) is 3.18. The largest absolute Gasteiger partial charge is 0.466 e. The van der Waals surface area contributed by atoms with E-state index in [1.165, 1.54) is 4.90 Å². The van der Waals surface area contributed by atoms with Gasteiger partial charge in [0.25, 0.3) is 5.91 Å². The summed E-state index contributed by atoms with van der Waals surface area (Å²) in [5.41, 5.74) is 1.06. The second-order valence-electron chi connectivity index (χ2n) is 8.37. The van der Waals surface area contributed by atoms with Gasteiger partial charge in [-0.05, 0) is 56.9 Å². The summed E-state index contributed by atoms with van der Waals surface area (Å²) in [7, 11) is 0. The minimum Gasteiger partial charge on any atom is -0.466 e. The molecule has 30 heavy (non-hydrogen) atoms. The van der Waals surface area contributed by atoms with Gasteiger partial charge in [0.15, 0.2) is 0 Å². The van der Waals surface area contributed by atoms with E-state index in [0.29, 0.717) is 43.8 Å². The lowest BCUT2D eigenvalue weighted by Crippen LogP contribution is -2.40. The van der Waals surface area contributed by atoms with Crippen molar-refractivity contribution in [3.8, 4) is 0 Å². The molecular weight excluding hydrogens is 384 g/mol. The summed E-state index contributed by atoms with van der Waals surface area (Å²) in [4.78, 5) is 53.2. The maximum absolute atomic E-state index is 12.8. The van der Waals surface area contributed by atoms with Crippen LogP contribution in [0.1, 0.15) is 55.8 Å². The lowest BCUT2D eigenvalue weighted by Gasteiger charge is -2.31. The highest BCUT2D eigenvalue weighted by molar-refractivity contribution is 6.22. The third kappa shape index (κ3) is 3.73. The first-order valence-electron chi connectivity index (χ1n) is 10.9. The number of amides is 3. The van der Waals surface area contributed by atoms with Crippen molar-refractivity contribution in [1.29, 1.82) is 0 Å². The van der Waals surface area contributed by atoms with E-state index >= 15 is 0 Å². The lowest BCUT2D eigenvalue weighted by atomic mass is 9.81. The molecule has 2 aliphatic heterocycles. The van der Waals surface area contributed by atoms with Gasteiger partial charge < -0.3 is 9.64 Å². The highest BCUT2D eigenvalue weighted by Gasteiger charge is 2.48. The smallest absolute Gasteiger partial charge is 0.309 e. The fourth-order valence-corrected chi connectivity index (χ4v) is 4.93. The van der Waals surface area contributed by atoms with Crippen LogP contribution in [0.3, 0.4) is 0 Å². The van der Waals surface area contributed by atoms with E-state index in [4.69, 9.17) is 4.74 Å². The van der Waals surface area contributed by atoms with E-state index in [2.05, 4.69) is 0 Å². The molecule has 0 unspecified atom stereocenters. The van der Waals surface area contributed by atoms with Gasteiger partial charge in [-0.2, -0.15) is 0 Å². The molecule has 7 heteroatoms. The van der Waals surface area contributed by atoms with Crippen molar-refractivity contribution < 1.29 is 23.9 Å². The summed E-state index contributed by atoms with van der Waals surface area (Å²) in [5, 5.41) is 0. The predicted molar refractivity (Wildman–Crippen MR) is 110 cm³/mol. The lowest BCUT2D eigenvalue weighted by molar-refractivity contribution is -0.149. The number of nitrogens with zero attached hydrogens (tertiary/aromatic N) is 2. The highest BCUT2D eigenvalue weighted by Crippen LogP contribution is 2.40. The number of hydrogen-bond donors (Lipinski definition) is 0. The SMILES string of the molecule is CCOC(=O)C1CCN(C(=O)c2ccc(N3C(=O)[C@H]4CCCC[C@H]4C3=O)cc2)CC1. The van der Waals surface area contributed by atoms with Gasteiger partial charge >= 0.3 is 5.97 Å². The number of esters is 1. The molecule has 3 aliphatic rings. The number of likely N-dealkylation sites (tertiary alicyclic amines) is 1. The van der Waals surface area contributed by atoms with Crippen LogP contribution < -0.4 is 4.90 Å². The van der Waals surface area contributed by atoms with Crippen molar-refractivity contribution in [2.45, 2.75) is 45.4 Å². The molecule has 3 fully saturated rings. The maximum Gasteiger partial charge on any atom is 0.309 e. The molecule has 0 aromatic heterocycles. The van der Waals surface area contributed by atoms with Crippen LogP contribution in [-0.4, -0.2) is 48.3 Å². The summed E-state index contributed by atoms with van der Waals surface area (Å²) < 4.78 is 5.07. The molecule has 0 radical (unpaired) electrons. The van der Waals surface area contributed by atoms with E-state index in [1.54, 1.807) is 36.1 Å². The Bertz CT molecular complexity index is 818. The average Bonchev–Trinajstić information content (AvgIpc) is 3.04. The monoisotopic (exact) mass is 412 g/mol. The molecule has 2 saturated heterocycles. The van der Waals surface area contributed by atoms with Gasteiger partial charge in [0.2, 0.25) is 11.8 Å². The first kappa shape index (κ1) is 20.6. The molecular formula is C23H28N2O5. The molecule has 1 aromatic rings. The first-order valence-corrected chi connectivity index (χ1v) is 10.9. The van der Waals surface area contributed by atoms with E-state index in [-0.39, 0.29) is 41.4 Å². The zero-order chi connectivity index (χ0) is 21.3. The molecule has 0 spiro atoms. The van der Waals surface area contributed by atoms with Crippen LogP contribution in [0.4, 0.5) is 5.69 Å². The Hall–Kier alpha value is -2.70. The molecule has 3 amide bonds. The summed E-state index contributed by atoms with van der Waals surface area (Å²) in [5.74, 6) is -1.02. The topological polar surface area (TPSA) is 84.0 Å². The number of imide groups is 1. The Labute approximate surface area is 176 Å². The molecule has 160 valence electrons. The van der Waals surface area contributed by atoms with Gasteiger partial charge in [-0.3, -0.25) is 24.1 Å². The summed E-state index contributed by atoms with van der Waals surface area (Å²) in [6.07, 6.45) is 4.75. The van der Waals surface area contributed by atoms with Crippen LogP contribution in [0.2, 0.25) is 0 Å². The van der Waals surface area contributed by atoms with Crippen LogP contribution in [0.5, 0.6) is 0 Å². The van der Waals surface area contributed by atoms with Crippen molar-refractivity contribution in [3.63, 3.8) is 0 Å². The van der Waals surface area contributed by atoms with Crippen molar-refractivity contribution in [3.05, 3.63) is 29.8 Å². The van der Waals surface area contributed by atoms with Gasteiger partial charge in [-0.25, -0.2) is 0 Å². The molecule has 1 aromatic carbocycles. The second kappa shape index (κ2) is 8.58. The molecule has 7 nitrogen and oxygen atoms in total. The average molecular weight is 412 g/mol. The number of carbonyl (C=O) groups is 4. The number of fused-ring (bicyclic) bond motifs is 1. The van der Waals surface area contributed by atoms with E-state index in [9.17, 15) is 19.2 Å². The fourth-order valence-electron chi connectivity index (χ4n) is 4.93. The van der Waals surface area contributed by atoms with Crippen LogP contribution in [0.15, 0.2) is 24.3 Å². The van der Waals surface area contributed by atoms with Crippen LogP contribution in [0.25, 0.3) is 0 Å². The van der Waals surface area contributed by atoms with Gasteiger partial charge in [-0.15, -0.1) is 0 Å². The Morgan fingerprint density at radius 3 is 2.03 bits per heavy atom. The van der Waals surface area contributed by atoms with Gasteiger partial charge in [-0.1, -0.05) is 12.8 Å².